The van der Waals surface area contributed by atoms with Crippen LogP contribution in [0.2, 0.25) is 5.02 Å². The van der Waals surface area contributed by atoms with Gasteiger partial charge >= 0.3 is 0 Å². The number of aromatic amines is 1. The number of rotatable bonds is 5. The smallest absolute Gasteiger partial charge is 0.274 e. The molecule has 0 bridgehead atoms. The molecule has 3 aromatic heterocycles. The van der Waals surface area contributed by atoms with Gasteiger partial charge < -0.3 is 4.98 Å². The molecule has 4 aromatic rings. The van der Waals surface area contributed by atoms with Gasteiger partial charge in [0.2, 0.25) is 5.56 Å². The summed E-state index contributed by atoms with van der Waals surface area (Å²) in [6.07, 6.45) is 4.41. The second-order valence-electron chi connectivity index (χ2n) is 9.47. The minimum atomic E-state index is -3.92. The van der Waals surface area contributed by atoms with Crippen molar-refractivity contribution >= 4 is 21.4 Å². The average Bonchev–Trinajstić information content (AvgIpc) is 3.64. The van der Waals surface area contributed by atoms with E-state index < -0.39 is 37.6 Å². The van der Waals surface area contributed by atoms with E-state index >= 15 is 8.78 Å². The second kappa shape index (κ2) is 9.28. The quantitative estimate of drug-likeness (QED) is 0.379. The van der Waals surface area contributed by atoms with E-state index in [9.17, 15) is 18.0 Å². The van der Waals surface area contributed by atoms with Crippen molar-refractivity contribution < 1.29 is 17.2 Å². The van der Waals surface area contributed by atoms with Gasteiger partial charge in [-0.3, -0.25) is 19.1 Å². The molecule has 1 fully saturated rings. The van der Waals surface area contributed by atoms with Crippen LogP contribution < -0.4 is 11.1 Å². The highest BCUT2D eigenvalue weighted by atomic mass is 35.5. The Morgan fingerprint density at radius 2 is 1.82 bits per heavy atom. The predicted molar refractivity (Wildman–Crippen MR) is 140 cm³/mol. The van der Waals surface area contributed by atoms with Crippen LogP contribution in [0.25, 0.3) is 16.9 Å². The maximum atomic E-state index is 16.0. The first-order valence-electron chi connectivity index (χ1n) is 11.6. The molecule has 0 radical (unpaired) electrons. The Hall–Kier alpha value is -3.63. The number of H-pyrrole nitrogens is 1. The van der Waals surface area contributed by atoms with Gasteiger partial charge in [0.05, 0.1) is 5.69 Å². The molecule has 1 aliphatic carbocycles. The summed E-state index contributed by atoms with van der Waals surface area (Å²) in [5.41, 5.74) is 0.341. The van der Waals surface area contributed by atoms with Crippen molar-refractivity contribution in [3.05, 3.63) is 109 Å². The first-order chi connectivity index (χ1) is 17.9. The van der Waals surface area contributed by atoms with E-state index in [1.54, 1.807) is 26.1 Å². The van der Waals surface area contributed by atoms with Crippen molar-refractivity contribution in [1.82, 2.24) is 14.5 Å². The fourth-order valence-electron chi connectivity index (χ4n) is 4.89. The van der Waals surface area contributed by atoms with Gasteiger partial charge in [0, 0.05) is 36.0 Å². The summed E-state index contributed by atoms with van der Waals surface area (Å²) >= 11 is 6.53. The Bertz CT molecular complexity index is 1850. The zero-order valence-electron chi connectivity index (χ0n) is 20.6. The van der Waals surface area contributed by atoms with E-state index in [0.29, 0.717) is 23.2 Å². The lowest BCUT2D eigenvalue weighted by atomic mass is 10.0. The number of sulfone groups is 1. The van der Waals surface area contributed by atoms with Crippen molar-refractivity contribution in [3.8, 4) is 16.9 Å². The molecule has 11 heteroatoms. The van der Waals surface area contributed by atoms with E-state index in [1.807, 2.05) is 6.07 Å². The van der Waals surface area contributed by atoms with Crippen LogP contribution in [0.5, 0.6) is 0 Å². The van der Waals surface area contributed by atoms with Crippen molar-refractivity contribution in [2.75, 3.05) is 6.26 Å². The standard InChI is InChI=1S/C27H22ClF2N3O4S/c1-13-12-32-25(16-5-4-6-20(23(16)29)38(3,36)37)24(30)26(13)33-14(2)9-19(22(28)27(33)35)18-11-17(18)15-7-8-31-21(34)10-15/h4-10,12,17-18H,11H2,1-3H3,(H,31,34)/t17-,18+/m1/s1. The number of benzene rings is 1. The average molecular weight is 558 g/mol. The van der Waals surface area contributed by atoms with E-state index in [-0.39, 0.29) is 33.7 Å². The normalized spacial score (nSPS) is 17.0. The van der Waals surface area contributed by atoms with Crippen molar-refractivity contribution in [2.45, 2.75) is 37.0 Å². The summed E-state index contributed by atoms with van der Waals surface area (Å²) in [6, 6.07) is 8.65. The van der Waals surface area contributed by atoms with Gasteiger partial charge in [0.25, 0.3) is 5.56 Å². The number of halogens is 3. The molecular weight excluding hydrogens is 536 g/mol. The molecule has 7 nitrogen and oxygen atoms in total. The summed E-state index contributed by atoms with van der Waals surface area (Å²) in [7, 11) is -3.92. The minimum absolute atomic E-state index is 0.0283. The highest BCUT2D eigenvalue weighted by Crippen LogP contribution is 2.55. The van der Waals surface area contributed by atoms with Gasteiger partial charge in [-0.05, 0) is 73.1 Å². The second-order valence-corrected chi connectivity index (χ2v) is 11.8. The number of nitrogens with one attached hydrogen (secondary N) is 1. The van der Waals surface area contributed by atoms with E-state index in [2.05, 4.69) is 9.97 Å². The van der Waals surface area contributed by atoms with Crippen LogP contribution in [-0.4, -0.2) is 29.2 Å². The molecule has 0 amide bonds. The molecule has 1 aromatic carbocycles. The van der Waals surface area contributed by atoms with Gasteiger partial charge in [0.1, 0.15) is 15.6 Å². The van der Waals surface area contributed by atoms with E-state index in [4.69, 9.17) is 11.6 Å². The molecule has 0 saturated heterocycles. The van der Waals surface area contributed by atoms with Crippen LogP contribution >= 0.6 is 11.6 Å². The van der Waals surface area contributed by atoms with Crippen LogP contribution in [-0.2, 0) is 9.84 Å². The van der Waals surface area contributed by atoms with Gasteiger partial charge in [0.15, 0.2) is 21.5 Å². The minimum Gasteiger partial charge on any atom is -0.329 e. The lowest BCUT2D eigenvalue weighted by Gasteiger charge is -2.18. The van der Waals surface area contributed by atoms with Gasteiger partial charge in [-0.2, -0.15) is 0 Å². The number of aryl methyl sites for hydroxylation is 2. The third-order valence-electron chi connectivity index (χ3n) is 6.80. The fraction of sp³-hybridized carbons (Fsp3) is 0.222. The summed E-state index contributed by atoms with van der Waals surface area (Å²) in [4.78, 5) is 31.2. The Morgan fingerprint density at radius 3 is 2.50 bits per heavy atom. The molecule has 0 unspecified atom stereocenters. The topological polar surface area (TPSA) is 102 Å². The molecule has 196 valence electrons. The monoisotopic (exact) mass is 557 g/mol. The lowest BCUT2D eigenvalue weighted by molar-refractivity contribution is 0.569. The SMILES string of the molecule is Cc1cnc(-c2cccc(S(C)(=O)=O)c2F)c(F)c1-n1c(C)cc([C@H]2C[C@@H]2c2cc[nH]c(=O)c2)c(Cl)c1=O. The van der Waals surface area contributed by atoms with Gasteiger partial charge in [-0.25, -0.2) is 17.2 Å². The highest BCUT2D eigenvalue weighted by molar-refractivity contribution is 7.90. The number of aromatic nitrogens is 3. The summed E-state index contributed by atoms with van der Waals surface area (Å²) in [6.45, 7) is 3.19. The molecule has 0 spiro atoms. The van der Waals surface area contributed by atoms with Crippen LogP contribution in [0.1, 0.15) is 40.6 Å². The van der Waals surface area contributed by atoms with E-state index in [0.717, 1.165) is 22.5 Å². The molecule has 38 heavy (non-hydrogen) atoms. The van der Waals surface area contributed by atoms with Gasteiger partial charge in [-0.1, -0.05) is 17.7 Å². The van der Waals surface area contributed by atoms with Crippen molar-refractivity contribution in [3.63, 3.8) is 0 Å². The van der Waals surface area contributed by atoms with Crippen LogP contribution in [0.3, 0.4) is 0 Å². The molecule has 0 aliphatic heterocycles. The Labute approximate surface area is 221 Å². The maximum absolute atomic E-state index is 16.0. The molecule has 1 aliphatic rings. The number of hydrogen-bond acceptors (Lipinski definition) is 5. The Balaban J connectivity index is 1.63. The summed E-state index contributed by atoms with van der Waals surface area (Å²) < 4.78 is 56.2. The molecule has 1 N–H and O–H groups in total. The lowest BCUT2D eigenvalue weighted by Crippen LogP contribution is -2.24. The van der Waals surface area contributed by atoms with Crippen molar-refractivity contribution in [1.29, 1.82) is 0 Å². The highest BCUT2D eigenvalue weighted by Gasteiger charge is 2.42. The number of hydrogen-bond donors (Lipinski definition) is 1. The molecule has 1 saturated carbocycles. The summed E-state index contributed by atoms with van der Waals surface area (Å²) in [5.74, 6) is -2.16. The van der Waals surface area contributed by atoms with Crippen LogP contribution in [0.15, 0.2) is 63.3 Å². The van der Waals surface area contributed by atoms with Crippen LogP contribution in [0, 0.1) is 25.5 Å². The van der Waals surface area contributed by atoms with Crippen LogP contribution in [0.4, 0.5) is 8.78 Å². The number of pyridine rings is 3. The summed E-state index contributed by atoms with van der Waals surface area (Å²) in [5, 5.41) is -0.0737. The zero-order chi connectivity index (χ0) is 27.5. The number of nitrogens with zero attached hydrogens (tertiary/aromatic N) is 2. The zero-order valence-corrected chi connectivity index (χ0v) is 22.1. The Kier molecular flexibility index (Phi) is 6.35. The first-order valence-corrected chi connectivity index (χ1v) is 13.9. The largest absolute Gasteiger partial charge is 0.329 e. The molecular formula is C27H22ClF2N3O4S. The molecule has 5 rings (SSSR count). The van der Waals surface area contributed by atoms with Gasteiger partial charge in [-0.15, -0.1) is 0 Å². The third-order valence-corrected chi connectivity index (χ3v) is 8.29. The predicted octanol–water partition coefficient (Wildman–Crippen LogP) is 4.81. The Morgan fingerprint density at radius 1 is 1.08 bits per heavy atom. The van der Waals surface area contributed by atoms with Crippen molar-refractivity contribution in [2.24, 2.45) is 0 Å². The fourth-order valence-corrected chi connectivity index (χ4v) is 5.93. The first kappa shape index (κ1) is 26.0. The third kappa shape index (κ3) is 4.37. The maximum Gasteiger partial charge on any atom is 0.274 e. The van der Waals surface area contributed by atoms with E-state index in [1.165, 1.54) is 24.4 Å². The molecule has 3 heterocycles. The molecule has 2 atom stereocenters.